The Kier molecular flexibility index (Phi) is 5.56. The monoisotopic (exact) mass is 397 g/mol. The van der Waals surface area contributed by atoms with Crippen LogP contribution in [-0.4, -0.2) is 22.5 Å². The number of hydrogen-bond acceptors (Lipinski definition) is 3. The molecule has 1 amide bonds. The van der Waals surface area contributed by atoms with E-state index < -0.39 is 17.4 Å². The van der Waals surface area contributed by atoms with Gasteiger partial charge in [-0.15, -0.1) is 0 Å². The summed E-state index contributed by atoms with van der Waals surface area (Å²) in [6, 6.07) is 18.3. The molecule has 0 saturated carbocycles. The van der Waals surface area contributed by atoms with E-state index in [1.807, 2.05) is 42.5 Å². The molecule has 0 heterocycles. The Bertz CT molecular complexity index is 1050. The normalized spacial score (nSPS) is 11.2. The van der Waals surface area contributed by atoms with Crippen molar-refractivity contribution in [1.82, 2.24) is 5.32 Å². The molecule has 0 spiro atoms. The van der Waals surface area contributed by atoms with Crippen molar-refractivity contribution in [3.8, 4) is 5.75 Å². The van der Waals surface area contributed by atoms with Gasteiger partial charge in [0.1, 0.15) is 17.9 Å². The molecule has 3 rings (SSSR count). The lowest BCUT2D eigenvalue weighted by molar-refractivity contribution is -0.143. The van der Waals surface area contributed by atoms with E-state index in [-0.39, 0.29) is 12.2 Å². The number of carbonyl (C=O) groups excluding carboxylic acids is 1. The zero-order valence-electron chi connectivity index (χ0n) is 15.5. The number of amides is 1. The first-order valence-corrected chi connectivity index (χ1v) is 9.11. The lowest BCUT2D eigenvalue weighted by Gasteiger charge is -2.22. The molecule has 6 heteroatoms. The SMILES string of the molecule is CC(C)(NC(=O)c1ccc2ccccc2c1OCc1ccccc1Cl)C(=O)O. The van der Waals surface area contributed by atoms with Crippen molar-refractivity contribution in [2.75, 3.05) is 0 Å². The molecule has 3 aromatic carbocycles. The molecule has 0 saturated heterocycles. The first-order valence-electron chi connectivity index (χ1n) is 8.73. The molecular weight excluding hydrogens is 378 g/mol. The van der Waals surface area contributed by atoms with E-state index in [1.54, 1.807) is 18.2 Å². The quantitative estimate of drug-likeness (QED) is 0.634. The van der Waals surface area contributed by atoms with Crippen LogP contribution in [-0.2, 0) is 11.4 Å². The zero-order chi connectivity index (χ0) is 20.3. The summed E-state index contributed by atoms with van der Waals surface area (Å²) < 4.78 is 6.02. The Balaban J connectivity index is 2.00. The van der Waals surface area contributed by atoms with E-state index in [0.717, 1.165) is 16.3 Å². The van der Waals surface area contributed by atoms with Gasteiger partial charge in [0.2, 0.25) is 0 Å². The minimum absolute atomic E-state index is 0.177. The Hall–Kier alpha value is -3.05. The maximum absolute atomic E-state index is 12.8. The Morgan fingerprint density at radius 3 is 2.43 bits per heavy atom. The lowest BCUT2D eigenvalue weighted by Crippen LogP contribution is -2.49. The number of halogens is 1. The van der Waals surface area contributed by atoms with Crippen LogP contribution >= 0.6 is 11.6 Å². The van der Waals surface area contributed by atoms with E-state index in [1.165, 1.54) is 13.8 Å². The number of carboxylic acid groups (broad SMARTS) is 1. The second-order valence-electron chi connectivity index (χ2n) is 6.93. The second kappa shape index (κ2) is 7.90. The molecule has 0 aliphatic carbocycles. The van der Waals surface area contributed by atoms with Gasteiger partial charge in [0, 0.05) is 16.0 Å². The highest BCUT2D eigenvalue weighted by Gasteiger charge is 2.30. The maximum atomic E-state index is 12.8. The van der Waals surface area contributed by atoms with Crippen LogP contribution in [0.1, 0.15) is 29.8 Å². The lowest BCUT2D eigenvalue weighted by atomic mass is 10.0. The highest BCUT2D eigenvalue weighted by molar-refractivity contribution is 6.31. The summed E-state index contributed by atoms with van der Waals surface area (Å²) in [6.07, 6.45) is 0. The largest absolute Gasteiger partial charge is 0.487 e. The fourth-order valence-electron chi connectivity index (χ4n) is 2.75. The summed E-state index contributed by atoms with van der Waals surface area (Å²) in [5.74, 6) is -1.26. The summed E-state index contributed by atoms with van der Waals surface area (Å²) in [5.41, 5.74) is -0.364. The van der Waals surface area contributed by atoms with Crippen molar-refractivity contribution in [2.24, 2.45) is 0 Å². The molecule has 0 bridgehead atoms. The molecule has 0 unspecified atom stereocenters. The number of ether oxygens (including phenoxy) is 1. The molecule has 28 heavy (non-hydrogen) atoms. The number of fused-ring (bicyclic) bond motifs is 1. The van der Waals surface area contributed by atoms with Crippen molar-refractivity contribution in [1.29, 1.82) is 0 Å². The Morgan fingerprint density at radius 2 is 1.71 bits per heavy atom. The zero-order valence-corrected chi connectivity index (χ0v) is 16.3. The number of aliphatic carboxylic acids is 1. The molecule has 2 N–H and O–H groups in total. The predicted octanol–water partition coefficient (Wildman–Crippen LogP) is 4.67. The van der Waals surface area contributed by atoms with Crippen LogP contribution in [0.15, 0.2) is 60.7 Å². The highest BCUT2D eigenvalue weighted by Crippen LogP contribution is 2.31. The molecule has 144 valence electrons. The molecule has 0 radical (unpaired) electrons. The minimum Gasteiger partial charge on any atom is -0.487 e. The van der Waals surface area contributed by atoms with Crippen LogP contribution in [0.25, 0.3) is 10.8 Å². The number of carboxylic acids is 1. The van der Waals surface area contributed by atoms with E-state index in [9.17, 15) is 14.7 Å². The van der Waals surface area contributed by atoms with Gasteiger partial charge in [-0.05, 0) is 31.4 Å². The molecular formula is C22H20ClNO4. The van der Waals surface area contributed by atoms with Crippen LogP contribution in [0.4, 0.5) is 0 Å². The van der Waals surface area contributed by atoms with E-state index in [4.69, 9.17) is 16.3 Å². The Labute approximate surface area is 167 Å². The number of carbonyl (C=O) groups is 2. The van der Waals surface area contributed by atoms with Gasteiger partial charge in [0.05, 0.1) is 5.56 Å². The summed E-state index contributed by atoms with van der Waals surface area (Å²) in [4.78, 5) is 24.2. The van der Waals surface area contributed by atoms with Crippen molar-refractivity contribution < 1.29 is 19.4 Å². The van der Waals surface area contributed by atoms with Crippen molar-refractivity contribution in [3.63, 3.8) is 0 Å². The number of nitrogens with one attached hydrogen (secondary N) is 1. The topological polar surface area (TPSA) is 75.6 Å². The van der Waals surface area contributed by atoms with Crippen LogP contribution in [0.5, 0.6) is 5.75 Å². The summed E-state index contributed by atoms with van der Waals surface area (Å²) >= 11 is 6.21. The van der Waals surface area contributed by atoms with E-state index >= 15 is 0 Å². The van der Waals surface area contributed by atoms with E-state index in [2.05, 4.69) is 5.32 Å². The maximum Gasteiger partial charge on any atom is 0.328 e. The third-order valence-corrected chi connectivity index (χ3v) is 4.78. The molecule has 0 aliphatic rings. The van der Waals surface area contributed by atoms with Crippen LogP contribution in [0.3, 0.4) is 0 Å². The molecule has 0 fully saturated rings. The fourth-order valence-corrected chi connectivity index (χ4v) is 2.94. The molecule has 0 aromatic heterocycles. The Morgan fingerprint density at radius 1 is 1.04 bits per heavy atom. The molecule has 3 aromatic rings. The minimum atomic E-state index is -1.41. The van der Waals surface area contributed by atoms with Crippen LogP contribution < -0.4 is 10.1 Å². The van der Waals surface area contributed by atoms with Gasteiger partial charge in [-0.2, -0.15) is 0 Å². The summed E-state index contributed by atoms with van der Waals surface area (Å²) in [6.45, 7) is 3.04. The smallest absolute Gasteiger partial charge is 0.328 e. The van der Waals surface area contributed by atoms with Gasteiger partial charge in [-0.3, -0.25) is 4.79 Å². The van der Waals surface area contributed by atoms with Gasteiger partial charge in [0.15, 0.2) is 0 Å². The van der Waals surface area contributed by atoms with E-state index in [0.29, 0.717) is 10.8 Å². The van der Waals surface area contributed by atoms with Crippen LogP contribution in [0, 0.1) is 0 Å². The predicted molar refractivity (Wildman–Crippen MR) is 109 cm³/mol. The fraction of sp³-hybridized carbons (Fsp3) is 0.182. The summed E-state index contributed by atoms with van der Waals surface area (Å²) in [5, 5.41) is 14.1. The second-order valence-corrected chi connectivity index (χ2v) is 7.33. The number of benzene rings is 3. The van der Waals surface area contributed by atoms with Gasteiger partial charge in [-0.1, -0.05) is 60.1 Å². The van der Waals surface area contributed by atoms with Gasteiger partial charge in [0.25, 0.3) is 5.91 Å². The standard InChI is InChI=1S/C22H20ClNO4/c1-22(2,21(26)27)24-20(25)17-12-11-14-7-3-5-9-16(14)19(17)28-13-15-8-4-6-10-18(15)23/h3-12H,13H2,1-2H3,(H,24,25)(H,26,27). The first kappa shape index (κ1) is 19.7. The molecule has 0 atom stereocenters. The van der Waals surface area contributed by atoms with Crippen molar-refractivity contribution in [2.45, 2.75) is 26.0 Å². The van der Waals surface area contributed by atoms with Crippen molar-refractivity contribution >= 4 is 34.2 Å². The third-order valence-electron chi connectivity index (χ3n) is 4.41. The number of rotatable bonds is 6. The molecule has 0 aliphatic heterocycles. The average molecular weight is 398 g/mol. The molecule has 5 nitrogen and oxygen atoms in total. The van der Waals surface area contributed by atoms with Gasteiger partial charge >= 0.3 is 5.97 Å². The summed E-state index contributed by atoms with van der Waals surface area (Å²) in [7, 11) is 0. The highest BCUT2D eigenvalue weighted by atomic mass is 35.5. The van der Waals surface area contributed by atoms with Gasteiger partial charge < -0.3 is 15.2 Å². The first-order chi connectivity index (χ1) is 13.3. The number of hydrogen-bond donors (Lipinski definition) is 2. The van der Waals surface area contributed by atoms with Crippen LogP contribution in [0.2, 0.25) is 5.02 Å². The third kappa shape index (κ3) is 4.10. The van der Waals surface area contributed by atoms with Crippen molar-refractivity contribution in [3.05, 3.63) is 76.8 Å². The average Bonchev–Trinajstić information content (AvgIpc) is 2.66. The van der Waals surface area contributed by atoms with Gasteiger partial charge in [-0.25, -0.2) is 4.79 Å².